The summed E-state index contributed by atoms with van der Waals surface area (Å²) in [4.78, 5) is 9.84. The first-order chi connectivity index (χ1) is 8.85. The topological polar surface area (TPSA) is 115 Å². The molecule has 1 aliphatic carbocycles. The number of rotatable bonds is 5. The van der Waals surface area contributed by atoms with Crippen LogP contribution in [0.15, 0.2) is 23.1 Å². The van der Waals surface area contributed by atoms with Crippen LogP contribution in [0.4, 0.5) is 11.4 Å². The van der Waals surface area contributed by atoms with E-state index in [9.17, 15) is 18.5 Å². The van der Waals surface area contributed by atoms with Crippen LogP contribution < -0.4 is 10.5 Å². The lowest BCUT2D eigenvalue weighted by atomic mass is 10.3. The van der Waals surface area contributed by atoms with E-state index in [1.54, 1.807) is 0 Å². The Kier molecular flexibility index (Phi) is 3.46. The van der Waals surface area contributed by atoms with E-state index >= 15 is 0 Å². The highest BCUT2D eigenvalue weighted by molar-refractivity contribution is 7.89. The van der Waals surface area contributed by atoms with E-state index < -0.39 is 14.9 Å². The largest absolute Gasteiger partial charge is 0.397 e. The molecule has 1 fully saturated rings. The van der Waals surface area contributed by atoms with Gasteiger partial charge in [-0.2, -0.15) is 0 Å². The summed E-state index contributed by atoms with van der Waals surface area (Å²) in [7, 11) is -3.71. The molecule has 1 saturated carbocycles. The van der Waals surface area contributed by atoms with Crippen molar-refractivity contribution >= 4 is 21.4 Å². The van der Waals surface area contributed by atoms with Gasteiger partial charge in [-0.15, -0.1) is 0 Å². The van der Waals surface area contributed by atoms with Gasteiger partial charge in [-0.05, 0) is 18.4 Å². The molecule has 1 aromatic rings. The molecule has 0 aliphatic heterocycles. The van der Waals surface area contributed by atoms with Gasteiger partial charge in [0.25, 0.3) is 5.69 Å². The molecule has 7 nitrogen and oxygen atoms in total. The Bertz CT molecular complexity index is 614. The van der Waals surface area contributed by atoms with Crippen LogP contribution in [0.3, 0.4) is 0 Å². The van der Waals surface area contributed by atoms with E-state index in [-0.39, 0.29) is 22.3 Å². The predicted molar refractivity (Wildman–Crippen MR) is 70.0 cm³/mol. The van der Waals surface area contributed by atoms with Gasteiger partial charge in [0.1, 0.15) is 4.90 Å². The Balaban J connectivity index is 2.23. The van der Waals surface area contributed by atoms with E-state index in [0.717, 1.165) is 25.0 Å². The number of anilines is 1. The summed E-state index contributed by atoms with van der Waals surface area (Å²) in [6, 6.07) is 3.30. The second-order valence-corrected chi connectivity index (χ2v) is 6.29. The molecule has 2 atom stereocenters. The highest BCUT2D eigenvalue weighted by Gasteiger charge is 2.39. The summed E-state index contributed by atoms with van der Waals surface area (Å²) in [6.07, 6.45) is 1.74. The summed E-state index contributed by atoms with van der Waals surface area (Å²) >= 11 is 0. The maximum atomic E-state index is 12.1. The van der Waals surface area contributed by atoms with Crippen molar-refractivity contribution in [3.63, 3.8) is 0 Å². The third-order valence-corrected chi connectivity index (χ3v) is 4.81. The Morgan fingerprint density at radius 1 is 1.53 bits per heavy atom. The molecule has 0 amide bonds. The van der Waals surface area contributed by atoms with Gasteiger partial charge in [0.05, 0.1) is 10.6 Å². The molecule has 8 heteroatoms. The first kappa shape index (κ1) is 13.8. The normalized spacial score (nSPS) is 22.2. The average molecular weight is 285 g/mol. The van der Waals surface area contributed by atoms with Crippen LogP contribution in [0, 0.1) is 16.0 Å². The van der Waals surface area contributed by atoms with Gasteiger partial charge in [-0.3, -0.25) is 10.1 Å². The van der Waals surface area contributed by atoms with Crippen LogP contribution >= 0.6 is 0 Å². The molecule has 104 valence electrons. The molecule has 0 aromatic heterocycles. The molecule has 0 radical (unpaired) electrons. The molecule has 3 N–H and O–H groups in total. The van der Waals surface area contributed by atoms with Crippen molar-refractivity contribution in [1.82, 2.24) is 4.72 Å². The van der Waals surface area contributed by atoms with Gasteiger partial charge in [0.15, 0.2) is 0 Å². The Morgan fingerprint density at radius 3 is 2.68 bits per heavy atom. The van der Waals surface area contributed by atoms with E-state index in [2.05, 4.69) is 4.72 Å². The van der Waals surface area contributed by atoms with Crippen molar-refractivity contribution in [3.05, 3.63) is 28.3 Å². The van der Waals surface area contributed by atoms with Crippen LogP contribution in [0.1, 0.15) is 19.8 Å². The number of nitrogens with zero attached hydrogens (tertiary/aromatic N) is 1. The number of non-ortho nitro benzene ring substituents is 1. The van der Waals surface area contributed by atoms with E-state index in [4.69, 9.17) is 5.73 Å². The second-order valence-electron chi connectivity index (χ2n) is 4.61. The first-order valence-electron chi connectivity index (χ1n) is 5.91. The SMILES string of the molecule is CCC1CC1NS(=O)(=O)c1ccc([N+](=O)[O-])cc1N. The van der Waals surface area contributed by atoms with Gasteiger partial charge in [-0.1, -0.05) is 13.3 Å². The van der Waals surface area contributed by atoms with Crippen LogP contribution in [-0.4, -0.2) is 19.4 Å². The number of nitrogens with two attached hydrogens (primary N) is 1. The van der Waals surface area contributed by atoms with Crippen LogP contribution in [0.25, 0.3) is 0 Å². The maximum Gasteiger partial charge on any atom is 0.271 e. The third kappa shape index (κ3) is 2.85. The zero-order valence-corrected chi connectivity index (χ0v) is 11.2. The highest BCUT2D eigenvalue weighted by atomic mass is 32.2. The second kappa shape index (κ2) is 4.78. The van der Waals surface area contributed by atoms with Crippen LogP contribution in [0.2, 0.25) is 0 Å². The molecule has 0 saturated heterocycles. The summed E-state index contributed by atoms with van der Waals surface area (Å²) in [5, 5.41) is 10.6. The molecule has 1 aromatic carbocycles. The molecule has 19 heavy (non-hydrogen) atoms. The number of nitro benzene ring substituents is 1. The Morgan fingerprint density at radius 2 is 2.21 bits per heavy atom. The van der Waals surface area contributed by atoms with Crippen molar-refractivity contribution in [2.24, 2.45) is 5.92 Å². The number of sulfonamides is 1. The van der Waals surface area contributed by atoms with Crippen molar-refractivity contribution in [2.75, 3.05) is 5.73 Å². The number of nitro groups is 1. The molecule has 0 heterocycles. The van der Waals surface area contributed by atoms with Crippen LogP contribution in [-0.2, 0) is 10.0 Å². The fraction of sp³-hybridized carbons (Fsp3) is 0.455. The average Bonchev–Trinajstić information content (AvgIpc) is 3.05. The van der Waals surface area contributed by atoms with Gasteiger partial charge in [0.2, 0.25) is 10.0 Å². The summed E-state index contributed by atoms with van der Waals surface area (Å²) in [6.45, 7) is 2.00. The van der Waals surface area contributed by atoms with Gasteiger partial charge < -0.3 is 5.73 Å². The third-order valence-electron chi connectivity index (χ3n) is 3.25. The van der Waals surface area contributed by atoms with Gasteiger partial charge >= 0.3 is 0 Å². The fourth-order valence-corrected chi connectivity index (χ4v) is 3.43. The zero-order chi connectivity index (χ0) is 14.2. The van der Waals surface area contributed by atoms with Crippen LogP contribution in [0.5, 0.6) is 0 Å². The van der Waals surface area contributed by atoms with Gasteiger partial charge in [0, 0.05) is 18.2 Å². The van der Waals surface area contributed by atoms with E-state index in [1.165, 1.54) is 6.07 Å². The fourth-order valence-electron chi connectivity index (χ4n) is 2.00. The molecule has 2 unspecified atom stereocenters. The minimum atomic E-state index is -3.71. The molecule has 1 aliphatic rings. The van der Waals surface area contributed by atoms with E-state index in [0.29, 0.717) is 5.92 Å². The minimum Gasteiger partial charge on any atom is -0.397 e. The standard InChI is InChI=1S/C11H15N3O4S/c1-2-7-5-10(7)13-19(17,18)11-4-3-8(14(15)16)6-9(11)12/h3-4,6-7,10,13H,2,5,12H2,1H3. The lowest BCUT2D eigenvalue weighted by Crippen LogP contribution is -2.27. The Labute approximate surface area is 111 Å². The van der Waals surface area contributed by atoms with Gasteiger partial charge in [-0.25, -0.2) is 13.1 Å². The zero-order valence-electron chi connectivity index (χ0n) is 10.4. The monoisotopic (exact) mass is 285 g/mol. The summed E-state index contributed by atoms with van der Waals surface area (Å²) < 4.78 is 26.7. The molecule has 0 spiro atoms. The number of nitrogen functional groups attached to an aromatic ring is 1. The number of hydrogen-bond donors (Lipinski definition) is 2. The van der Waals surface area contributed by atoms with Crippen molar-refractivity contribution in [2.45, 2.75) is 30.7 Å². The van der Waals surface area contributed by atoms with Crippen molar-refractivity contribution in [3.8, 4) is 0 Å². The lowest BCUT2D eigenvalue weighted by Gasteiger charge is -2.08. The summed E-state index contributed by atoms with van der Waals surface area (Å²) in [5.74, 6) is 0.369. The molecular weight excluding hydrogens is 270 g/mol. The smallest absolute Gasteiger partial charge is 0.271 e. The lowest BCUT2D eigenvalue weighted by molar-refractivity contribution is -0.384. The van der Waals surface area contributed by atoms with Crippen molar-refractivity contribution in [1.29, 1.82) is 0 Å². The minimum absolute atomic E-state index is 0.0513. The predicted octanol–water partition coefficient (Wildman–Crippen LogP) is 1.25. The number of benzene rings is 1. The highest BCUT2D eigenvalue weighted by Crippen LogP contribution is 2.35. The maximum absolute atomic E-state index is 12.1. The number of hydrogen-bond acceptors (Lipinski definition) is 5. The quantitative estimate of drug-likeness (QED) is 0.480. The molecular formula is C11H15N3O4S. The molecule has 2 rings (SSSR count). The Hall–Kier alpha value is -1.67. The summed E-state index contributed by atoms with van der Waals surface area (Å²) in [5.41, 5.74) is 5.24. The molecule has 0 bridgehead atoms. The van der Waals surface area contributed by atoms with Crippen molar-refractivity contribution < 1.29 is 13.3 Å². The first-order valence-corrected chi connectivity index (χ1v) is 7.39. The number of nitrogens with one attached hydrogen (secondary N) is 1. The van der Waals surface area contributed by atoms with E-state index in [1.807, 2.05) is 6.92 Å².